The molecule has 0 spiro atoms. The van der Waals surface area contributed by atoms with Gasteiger partial charge in [-0.15, -0.1) is 0 Å². The van der Waals surface area contributed by atoms with Gasteiger partial charge in [-0.1, -0.05) is 6.07 Å². The standard InChI is InChI=1S/C14H19NO3/c1-15(7-8-18-10-11-5-6-11)13-4-2-3-12(9-13)14(16)17/h2-4,9,11H,5-8,10H2,1H3,(H,16,17). The third-order valence-corrected chi connectivity index (χ3v) is 3.16. The summed E-state index contributed by atoms with van der Waals surface area (Å²) >= 11 is 0. The van der Waals surface area contributed by atoms with Gasteiger partial charge in [-0.2, -0.15) is 0 Å². The van der Waals surface area contributed by atoms with Crippen molar-refractivity contribution in [1.82, 2.24) is 0 Å². The van der Waals surface area contributed by atoms with Gasteiger partial charge < -0.3 is 14.7 Å². The summed E-state index contributed by atoms with van der Waals surface area (Å²) < 4.78 is 5.57. The Labute approximate surface area is 107 Å². The molecule has 0 amide bonds. The zero-order chi connectivity index (χ0) is 13.0. The molecule has 4 heteroatoms. The van der Waals surface area contributed by atoms with Gasteiger partial charge in [-0.3, -0.25) is 0 Å². The van der Waals surface area contributed by atoms with Crippen molar-refractivity contribution in [2.45, 2.75) is 12.8 Å². The number of hydrogen-bond donors (Lipinski definition) is 1. The second kappa shape index (κ2) is 5.87. The molecule has 1 aromatic carbocycles. The maximum Gasteiger partial charge on any atom is 0.335 e. The number of likely N-dealkylation sites (N-methyl/N-ethyl adjacent to an activating group) is 1. The summed E-state index contributed by atoms with van der Waals surface area (Å²) in [5.74, 6) is -0.110. The average Bonchev–Trinajstić information content (AvgIpc) is 3.18. The average molecular weight is 249 g/mol. The Hall–Kier alpha value is -1.55. The summed E-state index contributed by atoms with van der Waals surface area (Å²) in [7, 11) is 1.95. The van der Waals surface area contributed by atoms with Gasteiger partial charge in [0.25, 0.3) is 0 Å². The molecule has 1 fully saturated rings. The van der Waals surface area contributed by atoms with E-state index >= 15 is 0 Å². The van der Waals surface area contributed by atoms with E-state index in [1.165, 1.54) is 12.8 Å². The predicted octanol–water partition coefficient (Wildman–Crippen LogP) is 2.25. The van der Waals surface area contributed by atoms with E-state index in [2.05, 4.69) is 0 Å². The molecule has 1 N–H and O–H groups in total. The molecule has 2 rings (SSSR count). The Kier molecular flexibility index (Phi) is 4.20. The molecule has 0 aromatic heterocycles. The van der Waals surface area contributed by atoms with Gasteiger partial charge in [0.1, 0.15) is 0 Å². The first-order valence-electron chi connectivity index (χ1n) is 6.29. The van der Waals surface area contributed by atoms with Crippen molar-refractivity contribution in [3.05, 3.63) is 29.8 Å². The quantitative estimate of drug-likeness (QED) is 0.753. The second-order valence-electron chi connectivity index (χ2n) is 4.80. The normalized spacial score (nSPS) is 14.5. The number of hydrogen-bond acceptors (Lipinski definition) is 3. The molecule has 1 aliphatic rings. The molecule has 1 aliphatic carbocycles. The van der Waals surface area contributed by atoms with Crippen LogP contribution < -0.4 is 4.90 Å². The largest absolute Gasteiger partial charge is 0.478 e. The fourth-order valence-electron chi connectivity index (χ4n) is 1.74. The minimum absolute atomic E-state index is 0.318. The molecule has 1 saturated carbocycles. The van der Waals surface area contributed by atoms with Crippen LogP contribution in [-0.4, -0.2) is 37.9 Å². The van der Waals surface area contributed by atoms with E-state index in [1.807, 2.05) is 18.0 Å². The SMILES string of the molecule is CN(CCOCC1CC1)c1cccc(C(=O)O)c1. The Morgan fingerprint density at radius 2 is 2.28 bits per heavy atom. The summed E-state index contributed by atoms with van der Waals surface area (Å²) in [6, 6.07) is 6.96. The van der Waals surface area contributed by atoms with Crippen LogP contribution in [0.4, 0.5) is 5.69 Å². The van der Waals surface area contributed by atoms with Crippen LogP contribution in [0.3, 0.4) is 0 Å². The van der Waals surface area contributed by atoms with Crippen LogP contribution in [0.5, 0.6) is 0 Å². The fraction of sp³-hybridized carbons (Fsp3) is 0.500. The highest BCUT2D eigenvalue weighted by molar-refractivity contribution is 5.88. The molecule has 18 heavy (non-hydrogen) atoms. The molecular formula is C14H19NO3. The number of anilines is 1. The molecule has 0 saturated heterocycles. The zero-order valence-corrected chi connectivity index (χ0v) is 10.6. The summed E-state index contributed by atoms with van der Waals surface area (Å²) in [4.78, 5) is 12.9. The summed E-state index contributed by atoms with van der Waals surface area (Å²) in [6.07, 6.45) is 2.60. The van der Waals surface area contributed by atoms with Crippen LogP contribution in [0.2, 0.25) is 0 Å². The number of carboxylic acid groups (broad SMARTS) is 1. The molecular weight excluding hydrogens is 230 g/mol. The minimum atomic E-state index is -0.893. The molecule has 0 radical (unpaired) electrons. The lowest BCUT2D eigenvalue weighted by atomic mass is 10.2. The molecule has 0 unspecified atom stereocenters. The Balaban J connectivity index is 1.81. The highest BCUT2D eigenvalue weighted by Gasteiger charge is 2.20. The van der Waals surface area contributed by atoms with Crippen molar-refractivity contribution < 1.29 is 14.6 Å². The van der Waals surface area contributed by atoms with E-state index in [-0.39, 0.29) is 0 Å². The first-order chi connectivity index (χ1) is 8.66. The van der Waals surface area contributed by atoms with Crippen LogP contribution in [-0.2, 0) is 4.74 Å². The van der Waals surface area contributed by atoms with Crippen molar-refractivity contribution in [2.24, 2.45) is 5.92 Å². The monoisotopic (exact) mass is 249 g/mol. The first-order valence-corrected chi connectivity index (χ1v) is 6.29. The van der Waals surface area contributed by atoms with E-state index < -0.39 is 5.97 Å². The zero-order valence-electron chi connectivity index (χ0n) is 10.6. The van der Waals surface area contributed by atoms with Gasteiger partial charge in [-0.25, -0.2) is 4.79 Å². The highest BCUT2D eigenvalue weighted by Crippen LogP contribution is 2.28. The molecule has 4 nitrogen and oxygen atoms in total. The van der Waals surface area contributed by atoms with Gasteiger partial charge in [-0.05, 0) is 37.0 Å². The molecule has 98 valence electrons. The second-order valence-corrected chi connectivity index (χ2v) is 4.80. The van der Waals surface area contributed by atoms with Crippen molar-refractivity contribution in [3.63, 3.8) is 0 Å². The molecule has 0 heterocycles. The van der Waals surface area contributed by atoms with Crippen molar-refractivity contribution in [1.29, 1.82) is 0 Å². The topological polar surface area (TPSA) is 49.8 Å². The van der Waals surface area contributed by atoms with Gasteiger partial charge >= 0.3 is 5.97 Å². The minimum Gasteiger partial charge on any atom is -0.478 e. The van der Waals surface area contributed by atoms with Crippen molar-refractivity contribution >= 4 is 11.7 Å². The van der Waals surface area contributed by atoms with Crippen molar-refractivity contribution in [3.8, 4) is 0 Å². The molecule has 0 atom stereocenters. The van der Waals surface area contributed by atoms with E-state index in [4.69, 9.17) is 9.84 Å². The lowest BCUT2D eigenvalue weighted by Gasteiger charge is -2.19. The molecule has 1 aromatic rings. The summed E-state index contributed by atoms with van der Waals surface area (Å²) in [5.41, 5.74) is 1.23. The van der Waals surface area contributed by atoms with Crippen LogP contribution in [0.1, 0.15) is 23.2 Å². The summed E-state index contributed by atoms with van der Waals surface area (Å²) in [6.45, 7) is 2.32. The highest BCUT2D eigenvalue weighted by atomic mass is 16.5. The molecule has 0 aliphatic heterocycles. The number of benzene rings is 1. The summed E-state index contributed by atoms with van der Waals surface area (Å²) in [5, 5.41) is 8.93. The lowest BCUT2D eigenvalue weighted by molar-refractivity contribution is 0.0697. The van der Waals surface area contributed by atoms with Crippen LogP contribution in [0.15, 0.2) is 24.3 Å². The van der Waals surface area contributed by atoms with Gasteiger partial charge in [0, 0.05) is 25.9 Å². The van der Waals surface area contributed by atoms with Crippen molar-refractivity contribution in [2.75, 3.05) is 31.7 Å². The smallest absolute Gasteiger partial charge is 0.335 e. The Bertz CT molecular complexity index is 415. The van der Waals surface area contributed by atoms with Crippen LogP contribution >= 0.6 is 0 Å². The van der Waals surface area contributed by atoms with E-state index in [0.29, 0.717) is 12.2 Å². The maximum atomic E-state index is 10.9. The third-order valence-electron chi connectivity index (χ3n) is 3.16. The maximum absolute atomic E-state index is 10.9. The fourth-order valence-corrected chi connectivity index (χ4v) is 1.74. The van der Waals surface area contributed by atoms with E-state index in [0.717, 1.165) is 24.8 Å². The Morgan fingerprint density at radius 3 is 2.94 bits per heavy atom. The van der Waals surface area contributed by atoms with Gasteiger partial charge in [0.2, 0.25) is 0 Å². The molecule has 0 bridgehead atoms. The number of rotatable bonds is 7. The van der Waals surface area contributed by atoms with E-state index in [1.54, 1.807) is 18.2 Å². The number of carboxylic acids is 1. The Morgan fingerprint density at radius 1 is 1.50 bits per heavy atom. The van der Waals surface area contributed by atoms with Gasteiger partial charge in [0.05, 0.1) is 12.2 Å². The predicted molar refractivity (Wildman–Crippen MR) is 70.2 cm³/mol. The third kappa shape index (κ3) is 3.74. The number of ether oxygens (including phenoxy) is 1. The lowest BCUT2D eigenvalue weighted by Crippen LogP contribution is -2.23. The van der Waals surface area contributed by atoms with Gasteiger partial charge in [0.15, 0.2) is 0 Å². The first kappa shape index (κ1) is 12.9. The van der Waals surface area contributed by atoms with Crippen LogP contribution in [0.25, 0.3) is 0 Å². The number of nitrogens with zero attached hydrogens (tertiary/aromatic N) is 1. The number of aromatic carboxylic acids is 1. The van der Waals surface area contributed by atoms with E-state index in [9.17, 15) is 4.79 Å². The van der Waals surface area contributed by atoms with Crippen LogP contribution in [0, 0.1) is 5.92 Å². The number of carbonyl (C=O) groups is 1.